The van der Waals surface area contributed by atoms with Crippen LogP contribution in [-0.2, 0) is 24.9 Å². The van der Waals surface area contributed by atoms with E-state index in [1.807, 2.05) is 38.7 Å². The van der Waals surface area contributed by atoms with E-state index in [2.05, 4.69) is 31.4 Å². The molecule has 1 amide bonds. The van der Waals surface area contributed by atoms with Crippen LogP contribution in [0.5, 0.6) is 0 Å². The number of carbonyl (C=O) groups is 1. The van der Waals surface area contributed by atoms with Crippen molar-refractivity contribution < 1.29 is 4.79 Å². The van der Waals surface area contributed by atoms with Crippen molar-refractivity contribution in [3.8, 4) is 0 Å². The van der Waals surface area contributed by atoms with Crippen molar-refractivity contribution in [3.63, 3.8) is 0 Å². The first-order chi connectivity index (χ1) is 9.88. The summed E-state index contributed by atoms with van der Waals surface area (Å²) < 4.78 is 4.59. The molecule has 0 radical (unpaired) electrons. The molecule has 6 nitrogen and oxygen atoms in total. The molecule has 1 unspecified atom stereocenters. The molecule has 0 fully saturated rings. The highest BCUT2D eigenvalue weighted by Gasteiger charge is 2.17. The quantitative estimate of drug-likeness (QED) is 0.893. The van der Waals surface area contributed by atoms with E-state index in [0.717, 1.165) is 21.4 Å². The van der Waals surface area contributed by atoms with Crippen molar-refractivity contribution >= 4 is 21.8 Å². The van der Waals surface area contributed by atoms with Gasteiger partial charge in [0.1, 0.15) is 0 Å². The number of aryl methyl sites for hydroxylation is 2. The zero-order chi connectivity index (χ0) is 15.6. The molecular formula is C14H20BrN5O. The fraction of sp³-hybridized carbons (Fsp3) is 0.500. The molecule has 21 heavy (non-hydrogen) atoms. The lowest BCUT2D eigenvalue weighted by Crippen LogP contribution is -2.31. The third-order valence-corrected chi connectivity index (χ3v) is 4.56. The van der Waals surface area contributed by atoms with Crippen LogP contribution in [-0.4, -0.2) is 25.5 Å². The van der Waals surface area contributed by atoms with Crippen LogP contribution in [0.2, 0.25) is 0 Å². The van der Waals surface area contributed by atoms with Crippen LogP contribution in [0.3, 0.4) is 0 Å². The van der Waals surface area contributed by atoms with Gasteiger partial charge in [0.25, 0.3) is 0 Å². The van der Waals surface area contributed by atoms with E-state index in [1.54, 1.807) is 10.9 Å². The van der Waals surface area contributed by atoms with E-state index in [0.29, 0.717) is 13.1 Å². The molecule has 0 aliphatic carbocycles. The average molecular weight is 354 g/mol. The summed E-state index contributed by atoms with van der Waals surface area (Å²) in [5.41, 5.74) is 2.97. The molecule has 0 aromatic carbocycles. The summed E-state index contributed by atoms with van der Waals surface area (Å²) in [4.78, 5) is 12.1. The smallest absolute Gasteiger partial charge is 0.224 e. The van der Waals surface area contributed by atoms with Gasteiger partial charge >= 0.3 is 0 Å². The first-order valence-corrected chi connectivity index (χ1v) is 7.62. The highest BCUT2D eigenvalue weighted by Crippen LogP contribution is 2.20. The second-order valence-electron chi connectivity index (χ2n) is 5.31. The van der Waals surface area contributed by atoms with Crippen molar-refractivity contribution in [3.05, 3.63) is 33.8 Å². The summed E-state index contributed by atoms with van der Waals surface area (Å²) >= 11 is 3.50. The van der Waals surface area contributed by atoms with Gasteiger partial charge in [0.2, 0.25) is 5.91 Å². The van der Waals surface area contributed by atoms with Gasteiger partial charge in [-0.3, -0.25) is 14.2 Å². The van der Waals surface area contributed by atoms with Crippen LogP contribution in [0.25, 0.3) is 0 Å². The van der Waals surface area contributed by atoms with E-state index in [4.69, 9.17) is 0 Å². The predicted octanol–water partition coefficient (Wildman–Crippen LogP) is 1.95. The maximum Gasteiger partial charge on any atom is 0.224 e. The number of nitrogens with one attached hydrogen (secondary N) is 1. The Labute approximate surface area is 132 Å². The number of nitrogens with zero attached hydrogens (tertiary/aromatic N) is 4. The third-order valence-electron chi connectivity index (χ3n) is 3.41. The number of rotatable bonds is 5. The zero-order valence-electron chi connectivity index (χ0n) is 12.7. The molecule has 0 aliphatic rings. The normalized spacial score (nSPS) is 12.4. The molecule has 0 aliphatic heterocycles. The Kier molecular flexibility index (Phi) is 4.82. The van der Waals surface area contributed by atoms with Gasteiger partial charge in [0.15, 0.2) is 0 Å². The van der Waals surface area contributed by atoms with Gasteiger partial charge in [-0.2, -0.15) is 10.2 Å². The van der Waals surface area contributed by atoms with Crippen LogP contribution in [0.15, 0.2) is 16.9 Å². The molecule has 2 heterocycles. The van der Waals surface area contributed by atoms with Crippen molar-refractivity contribution in [2.75, 3.05) is 0 Å². The fourth-order valence-corrected chi connectivity index (χ4v) is 2.41. The minimum atomic E-state index is -0.147. The number of aromatic nitrogens is 4. The Morgan fingerprint density at radius 2 is 2.19 bits per heavy atom. The standard InChI is InChI=1S/C14H20BrN5O/c1-9(7-20-11(3)13(15)10(2)18-20)14(21)16-5-12-6-17-19(4)8-12/h6,8-9H,5,7H2,1-4H3,(H,16,21). The fourth-order valence-electron chi connectivity index (χ4n) is 2.12. The van der Waals surface area contributed by atoms with Crippen LogP contribution in [0.1, 0.15) is 23.9 Å². The third kappa shape index (κ3) is 3.72. The van der Waals surface area contributed by atoms with E-state index in [-0.39, 0.29) is 11.8 Å². The Hall–Kier alpha value is -1.63. The summed E-state index contributed by atoms with van der Waals surface area (Å²) in [7, 11) is 1.86. The molecule has 2 aromatic heterocycles. The topological polar surface area (TPSA) is 64.7 Å². The molecule has 0 saturated carbocycles. The summed E-state index contributed by atoms with van der Waals surface area (Å²) in [5.74, 6) is -0.130. The maximum atomic E-state index is 12.1. The monoisotopic (exact) mass is 353 g/mol. The second-order valence-corrected chi connectivity index (χ2v) is 6.10. The average Bonchev–Trinajstić information content (AvgIpc) is 2.96. The van der Waals surface area contributed by atoms with Crippen LogP contribution >= 0.6 is 15.9 Å². The van der Waals surface area contributed by atoms with Gasteiger partial charge in [0.05, 0.1) is 28.8 Å². The predicted molar refractivity (Wildman–Crippen MR) is 83.6 cm³/mol. The van der Waals surface area contributed by atoms with Gasteiger partial charge in [-0.25, -0.2) is 0 Å². The minimum absolute atomic E-state index is 0.0162. The SMILES string of the molecule is Cc1nn(CC(C)C(=O)NCc2cnn(C)c2)c(C)c1Br. The number of amides is 1. The number of hydrogen-bond acceptors (Lipinski definition) is 3. The Morgan fingerprint density at radius 3 is 2.71 bits per heavy atom. The molecule has 2 rings (SSSR count). The summed E-state index contributed by atoms with van der Waals surface area (Å²) in [5, 5.41) is 11.4. The van der Waals surface area contributed by atoms with Crippen LogP contribution < -0.4 is 5.32 Å². The van der Waals surface area contributed by atoms with Gasteiger partial charge in [-0.05, 0) is 29.8 Å². The molecule has 1 N–H and O–H groups in total. The lowest BCUT2D eigenvalue weighted by atomic mass is 10.1. The van der Waals surface area contributed by atoms with E-state index in [9.17, 15) is 4.79 Å². The van der Waals surface area contributed by atoms with Crippen LogP contribution in [0, 0.1) is 19.8 Å². The lowest BCUT2D eigenvalue weighted by Gasteiger charge is -2.13. The molecule has 0 bridgehead atoms. The van der Waals surface area contributed by atoms with Gasteiger partial charge in [0, 0.05) is 31.0 Å². The van der Waals surface area contributed by atoms with Gasteiger partial charge in [-0.1, -0.05) is 6.92 Å². The minimum Gasteiger partial charge on any atom is -0.352 e. The number of hydrogen-bond donors (Lipinski definition) is 1. The highest BCUT2D eigenvalue weighted by molar-refractivity contribution is 9.10. The summed E-state index contributed by atoms with van der Waals surface area (Å²) in [6.07, 6.45) is 3.64. The van der Waals surface area contributed by atoms with Crippen molar-refractivity contribution in [1.29, 1.82) is 0 Å². The molecule has 0 spiro atoms. The first kappa shape index (κ1) is 15.8. The molecule has 1 atom stereocenters. The Morgan fingerprint density at radius 1 is 1.48 bits per heavy atom. The number of carbonyl (C=O) groups excluding carboxylic acids is 1. The lowest BCUT2D eigenvalue weighted by molar-refractivity contribution is -0.125. The number of halogens is 1. The highest BCUT2D eigenvalue weighted by atomic mass is 79.9. The molecule has 0 saturated heterocycles. The molecule has 2 aromatic rings. The molecule has 7 heteroatoms. The van der Waals surface area contributed by atoms with E-state index < -0.39 is 0 Å². The van der Waals surface area contributed by atoms with Crippen molar-refractivity contribution in [2.24, 2.45) is 13.0 Å². The maximum absolute atomic E-state index is 12.1. The summed E-state index contributed by atoms with van der Waals surface area (Å²) in [6.45, 7) is 6.91. The zero-order valence-corrected chi connectivity index (χ0v) is 14.3. The van der Waals surface area contributed by atoms with Crippen molar-refractivity contribution in [2.45, 2.75) is 33.9 Å². The van der Waals surface area contributed by atoms with Crippen LogP contribution in [0.4, 0.5) is 0 Å². The first-order valence-electron chi connectivity index (χ1n) is 6.83. The Balaban J connectivity index is 1.91. The van der Waals surface area contributed by atoms with Crippen molar-refractivity contribution in [1.82, 2.24) is 24.9 Å². The van der Waals surface area contributed by atoms with E-state index >= 15 is 0 Å². The van der Waals surface area contributed by atoms with E-state index in [1.165, 1.54) is 0 Å². The van der Waals surface area contributed by atoms with Gasteiger partial charge in [-0.15, -0.1) is 0 Å². The summed E-state index contributed by atoms with van der Waals surface area (Å²) in [6, 6.07) is 0. The molecule has 114 valence electrons. The van der Waals surface area contributed by atoms with Gasteiger partial charge < -0.3 is 5.32 Å². The molecular weight excluding hydrogens is 334 g/mol. The second kappa shape index (κ2) is 6.43. The Bertz CT molecular complexity index is 646. The largest absolute Gasteiger partial charge is 0.352 e.